The van der Waals surface area contributed by atoms with Crippen molar-refractivity contribution in [3.63, 3.8) is 0 Å². The van der Waals surface area contributed by atoms with E-state index in [1.54, 1.807) is 0 Å². The Morgan fingerprint density at radius 1 is 1.18 bits per heavy atom. The maximum Gasteiger partial charge on any atom is 0.400 e. The molecule has 0 aromatic carbocycles. The van der Waals surface area contributed by atoms with Gasteiger partial charge in [0.15, 0.2) is 0 Å². The van der Waals surface area contributed by atoms with Crippen LogP contribution < -0.4 is 5.73 Å². The Hall–Kier alpha value is -0.400. The molecule has 0 saturated carbocycles. The maximum atomic E-state index is 12.4. The summed E-state index contributed by atoms with van der Waals surface area (Å²) in [7, 11) is 0. The van der Waals surface area contributed by atoms with Crippen molar-refractivity contribution in [3.05, 3.63) is 0 Å². The Kier molecular flexibility index (Phi) is 7.65. The molecule has 0 aliphatic heterocycles. The predicted octanol–water partition coefficient (Wildman–Crippen LogP) is 2.14. The highest BCUT2D eigenvalue weighted by atomic mass is 32.1. The maximum absolute atomic E-state index is 12.4. The normalized spacial score (nSPS) is 14.0. The molecule has 0 radical (unpaired) electrons. The molecule has 0 saturated heterocycles. The molecular formula is C10H18F3NO2S. The van der Waals surface area contributed by atoms with Gasteiger partial charge in [-0.1, -0.05) is 26.1 Å². The summed E-state index contributed by atoms with van der Waals surface area (Å²) in [4.78, 5) is -0.597. The van der Waals surface area contributed by atoms with Crippen molar-refractivity contribution < 1.29 is 22.6 Å². The third-order valence-corrected chi connectivity index (χ3v) is 2.13. The first kappa shape index (κ1) is 16.6. The van der Waals surface area contributed by atoms with E-state index in [0.717, 1.165) is 0 Å². The molecule has 3 nitrogen and oxygen atoms in total. The number of hydrogen-bond donors (Lipinski definition) is 1. The Balaban J connectivity index is 3.74. The van der Waals surface area contributed by atoms with Crippen molar-refractivity contribution in [2.75, 3.05) is 26.4 Å². The van der Waals surface area contributed by atoms with Crippen molar-refractivity contribution in [2.45, 2.75) is 20.0 Å². The molecular weight excluding hydrogens is 255 g/mol. The van der Waals surface area contributed by atoms with Gasteiger partial charge < -0.3 is 15.2 Å². The Morgan fingerprint density at radius 3 is 2.00 bits per heavy atom. The number of thiocarbonyl (C=S) groups is 1. The van der Waals surface area contributed by atoms with Gasteiger partial charge in [0.25, 0.3) is 0 Å². The van der Waals surface area contributed by atoms with Gasteiger partial charge in [0, 0.05) is 6.61 Å². The number of hydrogen-bond acceptors (Lipinski definition) is 3. The molecule has 0 fully saturated rings. The number of ether oxygens (including phenoxy) is 2. The summed E-state index contributed by atoms with van der Waals surface area (Å²) in [5.74, 6) is -1.50. The van der Waals surface area contributed by atoms with Crippen LogP contribution in [-0.4, -0.2) is 37.6 Å². The lowest BCUT2D eigenvalue weighted by molar-refractivity contribution is -0.168. The van der Waals surface area contributed by atoms with Gasteiger partial charge in [0.05, 0.1) is 24.8 Å². The zero-order valence-electron chi connectivity index (χ0n) is 9.92. The van der Waals surface area contributed by atoms with Gasteiger partial charge in [-0.05, 0) is 5.92 Å². The van der Waals surface area contributed by atoms with Crippen LogP contribution in [0.3, 0.4) is 0 Å². The largest absolute Gasteiger partial charge is 0.400 e. The molecule has 2 N–H and O–H groups in total. The molecule has 0 aromatic rings. The summed E-state index contributed by atoms with van der Waals surface area (Å²) in [6, 6.07) is 0. The standard InChI is InChI=1S/C10H18F3NO2S/c1-7(2)5-15-3-4-16-6-8(9(14)17)10(11,12)13/h7-8H,3-6H2,1-2H3,(H2,14,17). The minimum Gasteiger partial charge on any atom is -0.393 e. The van der Waals surface area contributed by atoms with E-state index in [1.165, 1.54) is 0 Å². The first-order valence-electron chi connectivity index (χ1n) is 5.26. The predicted molar refractivity (Wildman–Crippen MR) is 62.8 cm³/mol. The molecule has 0 amide bonds. The smallest absolute Gasteiger partial charge is 0.393 e. The van der Waals surface area contributed by atoms with Crippen molar-refractivity contribution in [3.8, 4) is 0 Å². The van der Waals surface area contributed by atoms with Crippen molar-refractivity contribution in [1.82, 2.24) is 0 Å². The Bertz CT molecular complexity index is 234. The van der Waals surface area contributed by atoms with Gasteiger partial charge in [-0.25, -0.2) is 0 Å². The fourth-order valence-corrected chi connectivity index (χ4v) is 1.18. The summed E-state index contributed by atoms with van der Waals surface area (Å²) in [6.45, 7) is 4.33. The number of halogens is 3. The zero-order valence-corrected chi connectivity index (χ0v) is 10.7. The first-order valence-corrected chi connectivity index (χ1v) is 5.67. The van der Waals surface area contributed by atoms with E-state index in [9.17, 15) is 13.2 Å². The van der Waals surface area contributed by atoms with E-state index in [4.69, 9.17) is 15.2 Å². The van der Waals surface area contributed by atoms with Crippen LogP contribution in [0.5, 0.6) is 0 Å². The van der Waals surface area contributed by atoms with Crippen LogP contribution in [0.2, 0.25) is 0 Å². The molecule has 0 aliphatic rings. The molecule has 17 heavy (non-hydrogen) atoms. The van der Waals surface area contributed by atoms with Crippen LogP contribution in [0.25, 0.3) is 0 Å². The highest BCUT2D eigenvalue weighted by molar-refractivity contribution is 7.80. The van der Waals surface area contributed by atoms with Crippen molar-refractivity contribution >= 4 is 17.2 Å². The molecule has 102 valence electrons. The van der Waals surface area contributed by atoms with Gasteiger partial charge in [-0.3, -0.25) is 0 Å². The quantitative estimate of drug-likeness (QED) is 0.543. The van der Waals surface area contributed by atoms with Crippen molar-refractivity contribution in [1.29, 1.82) is 0 Å². The summed E-state index contributed by atoms with van der Waals surface area (Å²) in [6.07, 6.45) is -4.45. The van der Waals surface area contributed by atoms with Gasteiger partial charge in [0.2, 0.25) is 0 Å². The van der Waals surface area contributed by atoms with Crippen molar-refractivity contribution in [2.24, 2.45) is 17.6 Å². The highest BCUT2D eigenvalue weighted by Gasteiger charge is 2.41. The lowest BCUT2D eigenvalue weighted by atomic mass is 10.1. The second kappa shape index (κ2) is 7.84. The third-order valence-electron chi connectivity index (χ3n) is 1.85. The van der Waals surface area contributed by atoms with Crippen LogP contribution in [-0.2, 0) is 9.47 Å². The SMILES string of the molecule is CC(C)COCCOCC(C(N)=S)C(F)(F)F. The van der Waals surface area contributed by atoms with Gasteiger partial charge >= 0.3 is 6.18 Å². The first-order chi connectivity index (χ1) is 7.75. The van der Waals surface area contributed by atoms with E-state index in [2.05, 4.69) is 12.2 Å². The average molecular weight is 273 g/mol. The van der Waals surface area contributed by atoms with Crippen LogP contribution in [0.4, 0.5) is 13.2 Å². The molecule has 0 bridgehead atoms. The minimum atomic E-state index is -4.45. The molecule has 1 unspecified atom stereocenters. The number of rotatable bonds is 8. The molecule has 0 rings (SSSR count). The molecule has 0 heterocycles. The second-order valence-electron chi connectivity index (χ2n) is 4.04. The fourth-order valence-electron chi connectivity index (χ4n) is 0.976. The van der Waals surface area contributed by atoms with Crippen LogP contribution in [0.15, 0.2) is 0 Å². The van der Waals surface area contributed by atoms with Crippen LogP contribution in [0.1, 0.15) is 13.8 Å². The highest BCUT2D eigenvalue weighted by Crippen LogP contribution is 2.26. The van der Waals surface area contributed by atoms with E-state index in [0.29, 0.717) is 12.5 Å². The molecule has 0 aliphatic carbocycles. The van der Waals surface area contributed by atoms with E-state index < -0.39 is 23.7 Å². The topological polar surface area (TPSA) is 44.5 Å². The van der Waals surface area contributed by atoms with E-state index in [1.807, 2.05) is 13.8 Å². The average Bonchev–Trinajstić information content (AvgIpc) is 2.13. The lowest BCUT2D eigenvalue weighted by Gasteiger charge is -2.18. The molecule has 7 heteroatoms. The summed E-state index contributed by atoms with van der Waals surface area (Å²) in [5, 5.41) is 0. The molecule has 0 spiro atoms. The number of alkyl halides is 3. The van der Waals surface area contributed by atoms with Gasteiger partial charge in [-0.15, -0.1) is 0 Å². The Morgan fingerprint density at radius 2 is 1.65 bits per heavy atom. The lowest BCUT2D eigenvalue weighted by Crippen LogP contribution is -2.38. The minimum absolute atomic E-state index is 0.0991. The Labute approximate surface area is 104 Å². The van der Waals surface area contributed by atoms with Crippen LogP contribution >= 0.6 is 12.2 Å². The third kappa shape index (κ3) is 8.34. The molecule has 1 atom stereocenters. The summed E-state index contributed by atoms with van der Waals surface area (Å²) >= 11 is 4.35. The molecule has 0 aromatic heterocycles. The van der Waals surface area contributed by atoms with Crippen LogP contribution in [0, 0.1) is 11.8 Å². The van der Waals surface area contributed by atoms with E-state index >= 15 is 0 Å². The zero-order chi connectivity index (χ0) is 13.5. The second-order valence-corrected chi connectivity index (χ2v) is 4.51. The van der Waals surface area contributed by atoms with E-state index in [-0.39, 0.29) is 13.2 Å². The summed E-state index contributed by atoms with van der Waals surface area (Å²) in [5.41, 5.74) is 5.00. The van der Waals surface area contributed by atoms with Gasteiger partial charge in [-0.2, -0.15) is 13.2 Å². The fraction of sp³-hybridized carbons (Fsp3) is 0.900. The number of nitrogens with two attached hydrogens (primary N) is 1. The monoisotopic (exact) mass is 273 g/mol. The van der Waals surface area contributed by atoms with Gasteiger partial charge in [0.1, 0.15) is 5.92 Å². The summed E-state index contributed by atoms with van der Waals surface area (Å²) < 4.78 is 47.1.